The fourth-order valence-electron chi connectivity index (χ4n) is 3.62. The average molecular weight is 296 g/mol. The maximum absolute atomic E-state index is 12.5. The third-order valence-electron chi connectivity index (χ3n) is 4.85. The minimum Gasteiger partial charge on any atom is -0.481 e. The molecule has 1 unspecified atom stereocenters. The second-order valence-corrected chi connectivity index (χ2v) is 6.44. The number of hydrogen-bond acceptors (Lipinski definition) is 3. The smallest absolute Gasteiger partial charge is 0.306 e. The molecule has 5 nitrogen and oxygen atoms in total. The van der Waals surface area contributed by atoms with Gasteiger partial charge in [-0.3, -0.25) is 14.5 Å². The molecule has 1 heterocycles. The minimum atomic E-state index is -0.693. The van der Waals surface area contributed by atoms with E-state index in [2.05, 4.69) is 17.1 Å². The van der Waals surface area contributed by atoms with Crippen LogP contribution in [0.1, 0.15) is 58.3 Å². The number of carbonyl (C=O) groups is 2. The lowest BCUT2D eigenvalue weighted by Gasteiger charge is -2.36. The fourth-order valence-corrected chi connectivity index (χ4v) is 3.62. The highest BCUT2D eigenvalue weighted by Gasteiger charge is 2.31. The molecule has 0 bridgehead atoms. The van der Waals surface area contributed by atoms with E-state index < -0.39 is 5.97 Å². The lowest BCUT2D eigenvalue weighted by Crippen LogP contribution is -2.52. The number of amides is 1. The summed E-state index contributed by atoms with van der Waals surface area (Å²) >= 11 is 0. The highest BCUT2D eigenvalue weighted by molar-refractivity contribution is 5.82. The lowest BCUT2D eigenvalue weighted by molar-refractivity contribution is -0.142. The van der Waals surface area contributed by atoms with Gasteiger partial charge in [-0.05, 0) is 58.0 Å². The lowest BCUT2D eigenvalue weighted by atomic mass is 9.86. The van der Waals surface area contributed by atoms with E-state index in [1.54, 1.807) is 0 Å². The molecular formula is C16H28N2O3. The predicted molar refractivity (Wildman–Crippen MR) is 81.0 cm³/mol. The van der Waals surface area contributed by atoms with Crippen molar-refractivity contribution in [2.24, 2.45) is 5.92 Å². The molecule has 5 heteroatoms. The largest absolute Gasteiger partial charge is 0.481 e. The SMILES string of the molecule is CCCN1CCCCC1C(=O)NC1CCC(C(=O)O)CC1. The van der Waals surface area contributed by atoms with Crippen LogP contribution in [0.4, 0.5) is 0 Å². The van der Waals surface area contributed by atoms with E-state index in [-0.39, 0.29) is 23.9 Å². The van der Waals surface area contributed by atoms with Gasteiger partial charge in [0.15, 0.2) is 0 Å². The summed E-state index contributed by atoms with van der Waals surface area (Å²) in [6, 6.07) is 0.189. The monoisotopic (exact) mass is 296 g/mol. The third kappa shape index (κ3) is 4.43. The molecule has 0 spiro atoms. The first kappa shape index (κ1) is 16.3. The average Bonchev–Trinajstić information content (AvgIpc) is 2.48. The van der Waals surface area contributed by atoms with Crippen LogP contribution in [0.25, 0.3) is 0 Å². The van der Waals surface area contributed by atoms with E-state index in [0.717, 1.165) is 45.2 Å². The zero-order valence-electron chi connectivity index (χ0n) is 13.0. The molecule has 0 radical (unpaired) electrons. The van der Waals surface area contributed by atoms with Crippen LogP contribution in [-0.2, 0) is 9.59 Å². The van der Waals surface area contributed by atoms with Gasteiger partial charge in [-0.2, -0.15) is 0 Å². The summed E-state index contributed by atoms with van der Waals surface area (Å²) in [6.45, 7) is 4.16. The normalized spacial score (nSPS) is 30.8. The Morgan fingerprint density at radius 1 is 1.14 bits per heavy atom. The van der Waals surface area contributed by atoms with Crippen molar-refractivity contribution in [1.82, 2.24) is 10.2 Å². The summed E-state index contributed by atoms with van der Waals surface area (Å²) in [5.74, 6) is -0.757. The van der Waals surface area contributed by atoms with Crippen molar-refractivity contribution in [3.8, 4) is 0 Å². The first-order valence-corrected chi connectivity index (χ1v) is 8.39. The molecule has 2 aliphatic rings. The maximum atomic E-state index is 12.5. The summed E-state index contributed by atoms with van der Waals surface area (Å²) in [5.41, 5.74) is 0. The first-order valence-electron chi connectivity index (χ1n) is 8.39. The Balaban J connectivity index is 1.82. The van der Waals surface area contributed by atoms with Gasteiger partial charge in [0, 0.05) is 6.04 Å². The molecule has 2 fully saturated rings. The van der Waals surface area contributed by atoms with Gasteiger partial charge in [0.25, 0.3) is 0 Å². The van der Waals surface area contributed by atoms with E-state index >= 15 is 0 Å². The van der Waals surface area contributed by atoms with Gasteiger partial charge in [0.1, 0.15) is 0 Å². The van der Waals surface area contributed by atoms with Gasteiger partial charge >= 0.3 is 5.97 Å². The molecule has 1 saturated heterocycles. The van der Waals surface area contributed by atoms with Crippen LogP contribution >= 0.6 is 0 Å². The zero-order chi connectivity index (χ0) is 15.2. The van der Waals surface area contributed by atoms with E-state index in [4.69, 9.17) is 5.11 Å². The van der Waals surface area contributed by atoms with Crippen molar-refractivity contribution in [1.29, 1.82) is 0 Å². The van der Waals surface area contributed by atoms with Crippen LogP contribution in [0.2, 0.25) is 0 Å². The topological polar surface area (TPSA) is 69.6 Å². The van der Waals surface area contributed by atoms with Crippen molar-refractivity contribution in [2.45, 2.75) is 70.4 Å². The molecule has 1 amide bonds. The number of likely N-dealkylation sites (tertiary alicyclic amines) is 1. The Kier molecular flexibility index (Phi) is 6.03. The molecule has 1 saturated carbocycles. The minimum absolute atomic E-state index is 0.0240. The number of carboxylic acid groups (broad SMARTS) is 1. The number of carboxylic acids is 1. The highest BCUT2D eigenvalue weighted by atomic mass is 16.4. The number of piperidine rings is 1. The molecule has 120 valence electrons. The number of nitrogens with one attached hydrogen (secondary N) is 1. The summed E-state index contributed by atoms with van der Waals surface area (Å²) < 4.78 is 0. The van der Waals surface area contributed by atoms with E-state index in [9.17, 15) is 9.59 Å². The van der Waals surface area contributed by atoms with Crippen LogP contribution in [-0.4, -0.2) is 47.1 Å². The van der Waals surface area contributed by atoms with Crippen molar-refractivity contribution in [3.05, 3.63) is 0 Å². The van der Waals surface area contributed by atoms with Gasteiger partial charge in [-0.25, -0.2) is 0 Å². The third-order valence-corrected chi connectivity index (χ3v) is 4.85. The fraction of sp³-hybridized carbons (Fsp3) is 0.875. The summed E-state index contributed by atoms with van der Waals surface area (Å²) in [7, 11) is 0. The molecular weight excluding hydrogens is 268 g/mol. The Bertz CT molecular complexity index is 363. The van der Waals surface area contributed by atoms with Crippen molar-refractivity contribution < 1.29 is 14.7 Å². The van der Waals surface area contributed by atoms with E-state index in [1.165, 1.54) is 6.42 Å². The second-order valence-electron chi connectivity index (χ2n) is 6.44. The number of rotatable bonds is 5. The molecule has 2 N–H and O–H groups in total. The van der Waals surface area contributed by atoms with Crippen LogP contribution in [0, 0.1) is 5.92 Å². The molecule has 0 aromatic rings. The molecule has 1 aliphatic carbocycles. The van der Waals surface area contributed by atoms with Crippen molar-refractivity contribution in [2.75, 3.05) is 13.1 Å². The molecule has 0 aromatic carbocycles. The van der Waals surface area contributed by atoms with E-state index in [1.807, 2.05) is 0 Å². The number of aliphatic carboxylic acids is 1. The van der Waals surface area contributed by atoms with Crippen LogP contribution in [0.5, 0.6) is 0 Å². The molecule has 1 atom stereocenters. The number of hydrogen-bond donors (Lipinski definition) is 2. The Labute approximate surface area is 127 Å². The standard InChI is InChI=1S/C16H28N2O3/c1-2-10-18-11-4-3-5-14(18)15(19)17-13-8-6-12(7-9-13)16(20)21/h12-14H,2-11H2,1H3,(H,17,19)(H,20,21). The van der Waals surface area contributed by atoms with Gasteiger partial charge in [0.2, 0.25) is 5.91 Å². The van der Waals surface area contributed by atoms with Gasteiger partial charge < -0.3 is 10.4 Å². The summed E-state index contributed by atoms with van der Waals surface area (Å²) in [4.78, 5) is 25.8. The Morgan fingerprint density at radius 3 is 2.48 bits per heavy atom. The first-order chi connectivity index (χ1) is 10.1. The number of nitrogens with zero attached hydrogens (tertiary/aromatic N) is 1. The summed E-state index contributed by atoms with van der Waals surface area (Å²) in [6.07, 6.45) is 7.31. The van der Waals surface area contributed by atoms with Crippen LogP contribution in [0.15, 0.2) is 0 Å². The quantitative estimate of drug-likeness (QED) is 0.814. The van der Waals surface area contributed by atoms with Gasteiger partial charge in [-0.1, -0.05) is 13.3 Å². The molecule has 0 aromatic heterocycles. The van der Waals surface area contributed by atoms with Gasteiger partial charge in [0.05, 0.1) is 12.0 Å². The highest BCUT2D eigenvalue weighted by Crippen LogP contribution is 2.25. The van der Waals surface area contributed by atoms with Crippen LogP contribution in [0.3, 0.4) is 0 Å². The molecule has 1 aliphatic heterocycles. The van der Waals surface area contributed by atoms with Crippen molar-refractivity contribution >= 4 is 11.9 Å². The zero-order valence-corrected chi connectivity index (χ0v) is 13.0. The second kappa shape index (κ2) is 7.78. The summed E-state index contributed by atoms with van der Waals surface area (Å²) in [5, 5.41) is 12.2. The predicted octanol–water partition coefficient (Wildman–Crippen LogP) is 2.01. The Hall–Kier alpha value is -1.10. The maximum Gasteiger partial charge on any atom is 0.306 e. The van der Waals surface area contributed by atoms with Gasteiger partial charge in [-0.15, -0.1) is 0 Å². The van der Waals surface area contributed by atoms with E-state index in [0.29, 0.717) is 12.8 Å². The van der Waals surface area contributed by atoms with Crippen LogP contribution < -0.4 is 5.32 Å². The number of carbonyl (C=O) groups excluding carboxylic acids is 1. The molecule has 21 heavy (non-hydrogen) atoms. The Morgan fingerprint density at radius 2 is 1.86 bits per heavy atom. The molecule has 2 rings (SSSR count). The van der Waals surface area contributed by atoms with Crippen molar-refractivity contribution in [3.63, 3.8) is 0 Å².